The number of likely N-dealkylation sites (tertiary alicyclic amines) is 1. The second-order valence-corrected chi connectivity index (χ2v) is 11.3. The first-order valence-corrected chi connectivity index (χ1v) is 12.3. The number of piperidine rings is 2. The van der Waals surface area contributed by atoms with E-state index in [0.29, 0.717) is 47.9 Å². The number of ether oxygens (including phenoxy) is 1. The van der Waals surface area contributed by atoms with E-state index in [1.807, 2.05) is 4.90 Å². The van der Waals surface area contributed by atoms with Gasteiger partial charge in [0.2, 0.25) is 10.0 Å². The van der Waals surface area contributed by atoms with Crippen molar-refractivity contribution in [3.8, 4) is 5.75 Å². The highest BCUT2D eigenvalue weighted by Crippen LogP contribution is 2.34. The van der Waals surface area contributed by atoms with Crippen LogP contribution in [0.1, 0.15) is 45.6 Å². The molecule has 1 amide bonds. The van der Waals surface area contributed by atoms with Crippen molar-refractivity contribution in [1.29, 1.82) is 0 Å². The normalized spacial score (nSPS) is 28.8. The fraction of sp³-hybridized carbons (Fsp3) is 0.682. The van der Waals surface area contributed by atoms with Crippen molar-refractivity contribution < 1.29 is 17.9 Å². The fourth-order valence-electron chi connectivity index (χ4n) is 4.91. The second kappa shape index (κ2) is 7.91. The maximum atomic E-state index is 13.2. The van der Waals surface area contributed by atoms with E-state index >= 15 is 0 Å². The minimum Gasteiger partial charge on any atom is -0.480 e. The summed E-state index contributed by atoms with van der Waals surface area (Å²) in [6.07, 6.45) is 3.02. The minimum absolute atomic E-state index is 0.0242. The average Bonchev–Trinajstić information content (AvgIpc) is 3.10. The zero-order chi connectivity index (χ0) is 20.8. The Kier molecular flexibility index (Phi) is 5.64. The Morgan fingerprint density at radius 3 is 2.34 bits per heavy atom. The molecule has 1 aromatic rings. The number of carbonyl (C=O) groups excluding carboxylic acids is 1. The van der Waals surface area contributed by atoms with Crippen molar-refractivity contribution in [1.82, 2.24) is 9.21 Å². The highest BCUT2D eigenvalue weighted by atomic mass is 32.2. The van der Waals surface area contributed by atoms with Crippen LogP contribution in [0.5, 0.6) is 5.75 Å². The largest absolute Gasteiger partial charge is 0.480 e. The van der Waals surface area contributed by atoms with Crippen LogP contribution in [-0.2, 0) is 21.2 Å². The molecule has 3 aliphatic rings. The van der Waals surface area contributed by atoms with Gasteiger partial charge >= 0.3 is 0 Å². The van der Waals surface area contributed by atoms with Crippen LogP contribution in [0.4, 0.5) is 0 Å². The molecule has 160 valence electrons. The first-order valence-electron chi connectivity index (χ1n) is 10.8. The highest BCUT2D eigenvalue weighted by Gasteiger charge is 2.36. The van der Waals surface area contributed by atoms with Crippen LogP contribution in [0.3, 0.4) is 0 Å². The SMILES string of the molecule is CC1CCN(C(=O)C2Cc3cc(S(=O)(=O)N4CC(C)CC(C)C4)ccc3O2)CC1. The number of hydrogen-bond donors (Lipinski definition) is 0. The molecule has 29 heavy (non-hydrogen) atoms. The molecular weight excluding hydrogens is 388 g/mol. The summed E-state index contributed by atoms with van der Waals surface area (Å²) in [5, 5.41) is 0. The van der Waals surface area contributed by atoms with Crippen molar-refractivity contribution in [3.05, 3.63) is 23.8 Å². The van der Waals surface area contributed by atoms with E-state index in [1.165, 1.54) is 0 Å². The van der Waals surface area contributed by atoms with E-state index in [1.54, 1.807) is 22.5 Å². The summed E-state index contributed by atoms with van der Waals surface area (Å²) in [5.41, 5.74) is 0.813. The Morgan fingerprint density at radius 1 is 1.03 bits per heavy atom. The Labute approximate surface area is 174 Å². The maximum Gasteiger partial charge on any atom is 0.263 e. The van der Waals surface area contributed by atoms with Crippen LogP contribution < -0.4 is 4.74 Å². The highest BCUT2D eigenvalue weighted by molar-refractivity contribution is 7.89. The van der Waals surface area contributed by atoms with Gasteiger partial charge in [0, 0.05) is 32.6 Å². The molecule has 0 aromatic heterocycles. The lowest BCUT2D eigenvalue weighted by Crippen LogP contribution is -2.45. The summed E-state index contributed by atoms with van der Waals surface area (Å²) >= 11 is 0. The summed E-state index contributed by atoms with van der Waals surface area (Å²) in [5.74, 6) is 2.04. The lowest BCUT2D eigenvalue weighted by Gasteiger charge is -2.34. The molecule has 3 unspecified atom stereocenters. The molecule has 7 heteroatoms. The van der Waals surface area contributed by atoms with E-state index in [4.69, 9.17) is 4.74 Å². The number of rotatable bonds is 3. The summed E-state index contributed by atoms with van der Waals surface area (Å²) in [6.45, 7) is 9.11. The Morgan fingerprint density at radius 2 is 1.69 bits per heavy atom. The van der Waals surface area contributed by atoms with Gasteiger partial charge in [0.1, 0.15) is 5.75 Å². The number of amides is 1. The first kappa shape index (κ1) is 20.7. The van der Waals surface area contributed by atoms with Crippen molar-refractivity contribution in [2.24, 2.45) is 17.8 Å². The van der Waals surface area contributed by atoms with Gasteiger partial charge in [-0.2, -0.15) is 4.31 Å². The van der Waals surface area contributed by atoms with Gasteiger partial charge in [0.25, 0.3) is 5.91 Å². The topological polar surface area (TPSA) is 66.9 Å². The van der Waals surface area contributed by atoms with Crippen molar-refractivity contribution >= 4 is 15.9 Å². The number of sulfonamides is 1. The molecule has 6 nitrogen and oxygen atoms in total. The van der Waals surface area contributed by atoms with Gasteiger partial charge in [-0.15, -0.1) is 0 Å². The smallest absolute Gasteiger partial charge is 0.263 e. The molecule has 4 rings (SSSR count). The molecule has 1 aromatic carbocycles. The third-order valence-corrected chi connectivity index (χ3v) is 8.38. The van der Waals surface area contributed by atoms with Gasteiger partial charge in [0.05, 0.1) is 4.90 Å². The standard InChI is InChI=1S/C22H32N2O4S/c1-15-6-8-23(9-7-15)22(25)21-12-18-11-19(4-5-20(18)28-21)29(26,27)24-13-16(2)10-17(3)14-24/h4-5,11,15-17,21H,6-10,12-14H2,1-3H3. The van der Waals surface area contributed by atoms with Gasteiger partial charge in [-0.05, 0) is 60.8 Å². The monoisotopic (exact) mass is 420 g/mol. The number of carbonyl (C=O) groups is 1. The molecule has 0 N–H and O–H groups in total. The van der Waals surface area contributed by atoms with E-state index in [2.05, 4.69) is 20.8 Å². The average molecular weight is 421 g/mol. The Balaban J connectivity index is 1.48. The summed E-state index contributed by atoms with van der Waals surface area (Å²) in [4.78, 5) is 15.1. The van der Waals surface area contributed by atoms with Gasteiger partial charge in [-0.25, -0.2) is 8.42 Å². The van der Waals surface area contributed by atoms with Gasteiger partial charge in [-0.3, -0.25) is 4.79 Å². The summed E-state index contributed by atoms with van der Waals surface area (Å²) in [6, 6.07) is 5.04. The van der Waals surface area contributed by atoms with Crippen LogP contribution in [-0.4, -0.2) is 55.8 Å². The van der Waals surface area contributed by atoms with Crippen LogP contribution in [0.15, 0.2) is 23.1 Å². The van der Waals surface area contributed by atoms with Gasteiger partial charge in [-0.1, -0.05) is 20.8 Å². The van der Waals surface area contributed by atoms with E-state index in [-0.39, 0.29) is 5.91 Å². The van der Waals surface area contributed by atoms with Crippen LogP contribution in [0, 0.1) is 17.8 Å². The number of fused-ring (bicyclic) bond motifs is 1. The molecule has 2 fully saturated rings. The molecule has 3 atom stereocenters. The molecule has 3 heterocycles. The second-order valence-electron chi connectivity index (χ2n) is 9.36. The van der Waals surface area contributed by atoms with Crippen LogP contribution in [0.2, 0.25) is 0 Å². The third-order valence-electron chi connectivity index (χ3n) is 6.55. The lowest BCUT2D eigenvalue weighted by molar-refractivity contribution is -0.139. The van der Waals surface area contributed by atoms with Crippen molar-refractivity contribution in [3.63, 3.8) is 0 Å². The molecule has 0 aliphatic carbocycles. The van der Waals surface area contributed by atoms with Crippen LogP contribution in [0.25, 0.3) is 0 Å². The fourth-order valence-corrected chi connectivity index (χ4v) is 6.64. The molecular formula is C22H32N2O4S. The van der Waals surface area contributed by atoms with E-state index in [0.717, 1.165) is 37.9 Å². The van der Waals surface area contributed by atoms with Crippen molar-refractivity contribution in [2.75, 3.05) is 26.2 Å². The first-order chi connectivity index (χ1) is 13.7. The molecule has 3 aliphatic heterocycles. The molecule has 0 spiro atoms. The van der Waals surface area contributed by atoms with Crippen LogP contribution >= 0.6 is 0 Å². The number of benzene rings is 1. The number of hydrogen-bond acceptors (Lipinski definition) is 4. The maximum absolute atomic E-state index is 13.2. The predicted octanol–water partition coefficient (Wildman–Crippen LogP) is 2.92. The molecule has 0 radical (unpaired) electrons. The Hall–Kier alpha value is -1.60. The van der Waals surface area contributed by atoms with Crippen molar-refractivity contribution in [2.45, 2.75) is 57.5 Å². The van der Waals surface area contributed by atoms with E-state index in [9.17, 15) is 13.2 Å². The lowest BCUT2D eigenvalue weighted by atomic mass is 9.94. The predicted molar refractivity (Wildman–Crippen MR) is 111 cm³/mol. The zero-order valence-corrected chi connectivity index (χ0v) is 18.5. The molecule has 2 saturated heterocycles. The zero-order valence-electron chi connectivity index (χ0n) is 17.6. The number of nitrogens with zero attached hydrogens (tertiary/aromatic N) is 2. The van der Waals surface area contributed by atoms with Gasteiger partial charge < -0.3 is 9.64 Å². The minimum atomic E-state index is -3.53. The summed E-state index contributed by atoms with van der Waals surface area (Å²) < 4.78 is 33.9. The summed E-state index contributed by atoms with van der Waals surface area (Å²) in [7, 11) is -3.53. The molecule has 0 saturated carbocycles. The Bertz CT molecular complexity index is 867. The third kappa shape index (κ3) is 4.17. The van der Waals surface area contributed by atoms with E-state index < -0.39 is 16.1 Å². The molecule has 0 bridgehead atoms. The van der Waals surface area contributed by atoms with Gasteiger partial charge in [0.15, 0.2) is 6.10 Å². The quantitative estimate of drug-likeness (QED) is 0.754.